The van der Waals surface area contributed by atoms with Crippen LogP contribution in [-0.2, 0) is 0 Å². The molecule has 1 aliphatic heterocycles. The first-order valence-electron chi connectivity index (χ1n) is 6.66. The third kappa shape index (κ3) is 3.08. The molecule has 0 bridgehead atoms. The first-order chi connectivity index (χ1) is 10.1. The van der Waals surface area contributed by atoms with E-state index in [2.05, 4.69) is 20.8 Å². The number of hydrogen-bond donors (Lipinski definition) is 3. The zero-order valence-corrected chi connectivity index (χ0v) is 13.3. The molecular weight excluding hydrogens is 386 g/mol. The van der Waals surface area contributed by atoms with Gasteiger partial charge in [-0.25, -0.2) is 4.39 Å². The Morgan fingerprint density at radius 1 is 1.48 bits per heavy atom. The van der Waals surface area contributed by atoms with Crippen LogP contribution in [0.1, 0.15) is 28.5 Å². The highest BCUT2D eigenvalue weighted by Crippen LogP contribution is 2.22. The van der Waals surface area contributed by atoms with E-state index in [9.17, 15) is 9.18 Å². The molecule has 7 heteroatoms. The van der Waals surface area contributed by atoms with Crippen LogP contribution in [0.4, 0.5) is 10.1 Å². The molecule has 5 nitrogen and oxygen atoms in total. The fourth-order valence-electron chi connectivity index (χ4n) is 2.37. The summed E-state index contributed by atoms with van der Waals surface area (Å²) in [5, 5.41) is 12.7. The minimum absolute atomic E-state index is 0.166. The Morgan fingerprint density at radius 3 is 3.10 bits per heavy atom. The summed E-state index contributed by atoms with van der Waals surface area (Å²) < 4.78 is 14.3. The average Bonchev–Trinajstić information content (AvgIpc) is 3.13. The quantitative estimate of drug-likeness (QED) is 0.694. The van der Waals surface area contributed by atoms with E-state index in [4.69, 9.17) is 0 Å². The van der Waals surface area contributed by atoms with Gasteiger partial charge in [0, 0.05) is 18.2 Å². The molecule has 21 heavy (non-hydrogen) atoms. The lowest BCUT2D eigenvalue weighted by Gasteiger charge is -2.05. The predicted octanol–water partition coefficient (Wildman–Crippen LogP) is 2.48. The standard InChI is InChI=1S/C14H14FIN4O/c15-13-9(16)2-1-3-10(13)18-14(21)12-6-11(19-20-12)8-4-5-17-7-8/h1-3,6,8,17H,4-5,7H2,(H,18,21)(H,19,20). The number of nitrogens with one attached hydrogen (secondary N) is 3. The second-order valence-electron chi connectivity index (χ2n) is 4.95. The summed E-state index contributed by atoms with van der Waals surface area (Å²) in [5.74, 6) is -0.486. The second kappa shape index (κ2) is 6.10. The van der Waals surface area contributed by atoms with Crippen LogP contribution in [0, 0.1) is 9.39 Å². The number of carbonyl (C=O) groups excluding carboxylic acids is 1. The first-order valence-corrected chi connectivity index (χ1v) is 7.74. The van der Waals surface area contributed by atoms with Crippen molar-refractivity contribution in [1.29, 1.82) is 0 Å². The molecule has 1 aromatic heterocycles. The molecule has 0 saturated carbocycles. The zero-order chi connectivity index (χ0) is 14.8. The van der Waals surface area contributed by atoms with Gasteiger partial charge >= 0.3 is 0 Å². The van der Waals surface area contributed by atoms with E-state index in [1.54, 1.807) is 18.2 Å². The van der Waals surface area contributed by atoms with Crippen molar-refractivity contribution in [2.24, 2.45) is 0 Å². The summed E-state index contributed by atoms with van der Waals surface area (Å²) in [7, 11) is 0. The first kappa shape index (κ1) is 14.5. The summed E-state index contributed by atoms with van der Waals surface area (Å²) >= 11 is 1.89. The van der Waals surface area contributed by atoms with Crippen LogP contribution in [0.2, 0.25) is 0 Å². The summed E-state index contributed by atoms with van der Waals surface area (Å²) in [6.07, 6.45) is 1.02. The molecule has 3 rings (SSSR count). The van der Waals surface area contributed by atoms with E-state index in [-0.39, 0.29) is 11.4 Å². The Balaban J connectivity index is 1.75. The summed E-state index contributed by atoms with van der Waals surface area (Å²) in [4.78, 5) is 12.1. The van der Waals surface area contributed by atoms with E-state index < -0.39 is 11.7 Å². The number of carbonyl (C=O) groups is 1. The maximum Gasteiger partial charge on any atom is 0.276 e. The molecule has 1 saturated heterocycles. The van der Waals surface area contributed by atoms with Crippen LogP contribution in [0.25, 0.3) is 0 Å². The van der Waals surface area contributed by atoms with Crippen molar-refractivity contribution in [3.8, 4) is 0 Å². The van der Waals surface area contributed by atoms with Gasteiger partial charge in [-0.15, -0.1) is 0 Å². The molecule has 0 aliphatic carbocycles. The lowest BCUT2D eigenvalue weighted by molar-refractivity contribution is 0.102. The monoisotopic (exact) mass is 400 g/mol. The van der Waals surface area contributed by atoms with Gasteiger partial charge in [0.1, 0.15) is 0 Å². The molecule has 1 aliphatic rings. The van der Waals surface area contributed by atoms with Crippen molar-refractivity contribution < 1.29 is 9.18 Å². The Bertz CT molecular complexity index is 667. The number of amides is 1. The van der Waals surface area contributed by atoms with Gasteiger partial charge in [-0.05, 0) is 53.8 Å². The van der Waals surface area contributed by atoms with Crippen molar-refractivity contribution in [1.82, 2.24) is 15.5 Å². The Kier molecular flexibility index (Phi) is 4.20. The largest absolute Gasteiger partial charge is 0.318 e. The molecule has 1 atom stereocenters. The van der Waals surface area contributed by atoms with Crippen LogP contribution >= 0.6 is 22.6 Å². The van der Waals surface area contributed by atoms with Crippen molar-refractivity contribution in [3.05, 3.63) is 45.0 Å². The van der Waals surface area contributed by atoms with E-state index in [1.165, 1.54) is 6.07 Å². The number of halogens is 2. The van der Waals surface area contributed by atoms with Gasteiger partial charge in [-0.1, -0.05) is 6.07 Å². The molecule has 3 N–H and O–H groups in total. The van der Waals surface area contributed by atoms with E-state index in [1.807, 2.05) is 22.6 Å². The smallest absolute Gasteiger partial charge is 0.276 e. The average molecular weight is 400 g/mol. The van der Waals surface area contributed by atoms with Gasteiger partial charge < -0.3 is 10.6 Å². The van der Waals surface area contributed by atoms with Crippen molar-refractivity contribution >= 4 is 34.2 Å². The number of H-pyrrole nitrogens is 1. The van der Waals surface area contributed by atoms with E-state index >= 15 is 0 Å². The Hall–Kier alpha value is -1.48. The number of benzene rings is 1. The lowest BCUT2D eigenvalue weighted by Crippen LogP contribution is -2.13. The minimum Gasteiger partial charge on any atom is -0.318 e. The van der Waals surface area contributed by atoms with Gasteiger partial charge in [-0.2, -0.15) is 5.10 Å². The van der Waals surface area contributed by atoms with Gasteiger partial charge in [0.15, 0.2) is 11.5 Å². The molecular formula is C14H14FIN4O. The van der Waals surface area contributed by atoms with E-state index in [0.717, 1.165) is 25.2 Å². The summed E-state index contributed by atoms with van der Waals surface area (Å²) in [5.41, 5.74) is 1.38. The molecule has 2 heterocycles. The molecule has 0 spiro atoms. The third-order valence-corrected chi connectivity index (χ3v) is 4.36. The number of anilines is 1. The SMILES string of the molecule is O=C(Nc1cccc(I)c1F)c1cc(C2CCNC2)[nH]n1. The van der Waals surface area contributed by atoms with E-state index in [0.29, 0.717) is 9.49 Å². The highest BCUT2D eigenvalue weighted by Gasteiger charge is 2.21. The van der Waals surface area contributed by atoms with Gasteiger partial charge in [0.25, 0.3) is 5.91 Å². The Morgan fingerprint density at radius 2 is 2.33 bits per heavy atom. The zero-order valence-electron chi connectivity index (χ0n) is 11.1. The predicted molar refractivity (Wildman–Crippen MR) is 85.9 cm³/mol. The number of aromatic amines is 1. The minimum atomic E-state index is -0.429. The molecule has 1 unspecified atom stereocenters. The molecule has 2 aromatic rings. The van der Waals surface area contributed by atoms with Crippen molar-refractivity contribution in [3.63, 3.8) is 0 Å². The number of rotatable bonds is 3. The topological polar surface area (TPSA) is 69.8 Å². The van der Waals surface area contributed by atoms with Gasteiger partial charge in [-0.3, -0.25) is 9.89 Å². The fourth-order valence-corrected chi connectivity index (χ4v) is 2.87. The summed E-state index contributed by atoms with van der Waals surface area (Å²) in [6.45, 7) is 1.85. The van der Waals surface area contributed by atoms with Gasteiger partial charge in [0.2, 0.25) is 0 Å². The summed E-state index contributed by atoms with van der Waals surface area (Å²) in [6, 6.07) is 6.61. The maximum atomic E-state index is 13.9. The number of hydrogen-bond acceptors (Lipinski definition) is 3. The van der Waals surface area contributed by atoms with Crippen molar-refractivity contribution in [2.45, 2.75) is 12.3 Å². The highest BCUT2D eigenvalue weighted by atomic mass is 127. The fraction of sp³-hybridized carbons (Fsp3) is 0.286. The van der Waals surface area contributed by atoms with Crippen LogP contribution in [0.5, 0.6) is 0 Å². The number of aromatic nitrogens is 2. The number of nitrogens with zero attached hydrogens (tertiary/aromatic N) is 1. The highest BCUT2D eigenvalue weighted by molar-refractivity contribution is 14.1. The van der Waals surface area contributed by atoms with Crippen LogP contribution in [0.3, 0.4) is 0 Å². The molecule has 1 aromatic carbocycles. The second-order valence-corrected chi connectivity index (χ2v) is 6.12. The Labute approximate surface area is 134 Å². The molecule has 1 amide bonds. The molecule has 110 valence electrons. The van der Waals surface area contributed by atoms with Crippen LogP contribution < -0.4 is 10.6 Å². The van der Waals surface area contributed by atoms with Crippen molar-refractivity contribution in [2.75, 3.05) is 18.4 Å². The van der Waals surface area contributed by atoms with Gasteiger partial charge in [0.05, 0.1) is 9.26 Å². The lowest BCUT2D eigenvalue weighted by atomic mass is 10.1. The molecule has 1 fully saturated rings. The van der Waals surface area contributed by atoms with Crippen LogP contribution in [0.15, 0.2) is 24.3 Å². The maximum absolute atomic E-state index is 13.9. The third-order valence-electron chi connectivity index (χ3n) is 3.53. The van der Waals surface area contributed by atoms with Crippen LogP contribution in [-0.4, -0.2) is 29.2 Å². The molecule has 0 radical (unpaired) electrons. The normalized spacial score (nSPS) is 17.9.